The zero-order chi connectivity index (χ0) is 32.3. The highest BCUT2D eigenvalue weighted by Gasteiger charge is 2.21. The van der Waals surface area contributed by atoms with Crippen LogP contribution in [0.5, 0.6) is 0 Å². The summed E-state index contributed by atoms with van der Waals surface area (Å²) in [6, 6.07) is 65.7. The van der Waals surface area contributed by atoms with Gasteiger partial charge in [0, 0.05) is 10.8 Å². The first kappa shape index (κ1) is 27.7. The minimum absolute atomic E-state index is 0.901. The highest BCUT2D eigenvalue weighted by molar-refractivity contribution is 6.26. The molecule has 49 heavy (non-hydrogen) atoms. The van der Waals surface area contributed by atoms with Gasteiger partial charge in [-0.1, -0.05) is 158 Å². The topological polar surface area (TPSA) is 13.1 Å². The van der Waals surface area contributed by atoms with Crippen molar-refractivity contribution in [2.24, 2.45) is 0 Å². The van der Waals surface area contributed by atoms with Crippen LogP contribution in [0.15, 0.2) is 186 Å². The average Bonchev–Trinajstić information content (AvgIpc) is 3.55. The Morgan fingerprint density at radius 2 is 0.878 bits per heavy atom. The van der Waals surface area contributed by atoms with Gasteiger partial charge in [-0.3, -0.25) is 0 Å². The van der Waals surface area contributed by atoms with Crippen LogP contribution in [0.4, 0.5) is 0 Å². The van der Waals surface area contributed by atoms with Crippen LogP contribution in [0.3, 0.4) is 0 Å². The van der Waals surface area contributed by atoms with Crippen molar-refractivity contribution >= 4 is 54.3 Å². The summed E-state index contributed by atoms with van der Waals surface area (Å²) in [6.45, 7) is 0. The first-order valence-electron chi connectivity index (χ1n) is 16.8. The molecule has 0 saturated heterocycles. The normalized spacial score (nSPS) is 11.7. The van der Waals surface area contributed by atoms with Crippen LogP contribution >= 0.6 is 0 Å². The molecule has 0 fully saturated rings. The quantitative estimate of drug-likeness (QED) is 0.178. The van der Waals surface area contributed by atoms with Gasteiger partial charge in [0.1, 0.15) is 11.2 Å². The maximum atomic E-state index is 6.58. The van der Waals surface area contributed by atoms with Gasteiger partial charge >= 0.3 is 0 Å². The summed E-state index contributed by atoms with van der Waals surface area (Å²) in [6.07, 6.45) is 0. The van der Waals surface area contributed by atoms with Crippen molar-refractivity contribution in [3.63, 3.8) is 0 Å². The molecule has 10 rings (SSSR count). The van der Waals surface area contributed by atoms with E-state index in [1.54, 1.807) is 0 Å². The van der Waals surface area contributed by atoms with E-state index in [1.807, 2.05) is 0 Å². The first-order chi connectivity index (χ1) is 24.3. The SMILES string of the molecule is c1ccc(-c2ccc3c(c2)oc2cccc(-c4c5ccccc5c(-c5ccc6cccc(-c7ccccc7)c6c5)c5ccccc45)c23)cc1. The summed E-state index contributed by atoms with van der Waals surface area (Å²) in [5.41, 5.74) is 11.5. The van der Waals surface area contributed by atoms with Gasteiger partial charge in [-0.05, 0) is 101 Å². The predicted molar refractivity (Wildman–Crippen MR) is 208 cm³/mol. The third-order valence-electron chi connectivity index (χ3n) is 10.1. The van der Waals surface area contributed by atoms with Crippen molar-refractivity contribution < 1.29 is 4.42 Å². The van der Waals surface area contributed by atoms with Crippen molar-refractivity contribution in [3.8, 4) is 44.5 Å². The molecule has 0 aliphatic heterocycles. The molecule has 0 atom stereocenters. The standard InChI is InChI=1S/C48H30O/c1-3-13-31(14-4-1)34-27-28-41-45(30-34)49-44-24-12-23-42(48(41)44)47-39-20-9-7-18-37(39)46(38-19-8-10-21-40(38)47)35-26-25-33-17-11-22-36(43(33)29-35)32-15-5-2-6-16-32/h1-30H. The zero-order valence-electron chi connectivity index (χ0n) is 26.7. The number of fused-ring (bicyclic) bond motifs is 6. The smallest absolute Gasteiger partial charge is 0.136 e. The minimum atomic E-state index is 0.901. The van der Waals surface area contributed by atoms with Crippen LogP contribution in [0.2, 0.25) is 0 Å². The Bertz CT molecular complexity index is 2800. The fourth-order valence-corrected chi connectivity index (χ4v) is 7.87. The fraction of sp³-hybridized carbons (Fsp3) is 0. The molecule has 0 aliphatic rings. The molecular formula is C48H30O. The van der Waals surface area contributed by atoms with Gasteiger partial charge in [-0.25, -0.2) is 0 Å². The Balaban J connectivity index is 1.25. The van der Waals surface area contributed by atoms with Crippen molar-refractivity contribution in [2.45, 2.75) is 0 Å². The molecule has 1 heteroatoms. The lowest BCUT2D eigenvalue weighted by Gasteiger charge is -2.19. The maximum Gasteiger partial charge on any atom is 0.136 e. The second-order valence-corrected chi connectivity index (χ2v) is 12.8. The van der Waals surface area contributed by atoms with Crippen LogP contribution in [-0.2, 0) is 0 Å². The van der Waals surface area contributed by atoms with Gasteiger partial charge in [-0.2, -0.15) is 0 Å². The minimum Gasteiger partial charge on any atom is -0.456 e. The summed E-state index contributed by atoms with van der Waals surface area (Å²) in [4.78, 5) is 0. The van der Waals surface area contributed by atoms with Crippen molar-refractivity contribution in [1.82, 2.24) is 0 Å². The van der Waals surface area contributed by atoms with Crippen molar-refractivity contribution in [3.05, 3.63) is 182 Å². The second kappa shape index (κ2) is 11.1. The molecule has 1 heterocycles. The largest absolute Gasteiger partial charge is 0.456 e. The van der Waals surface area contributed by atoms with Gasteiger partial charge in [0.25, 0.3) is 0 Å². The van der Waals surface area contributed by atoms with E-state index in [0.717, 1.165) is 27.5 Å². The van der Waals surface area contributed by atoms with E-state index in [9.17, 15) is 0 Å². The molecule has 0 N–H and O–H groups in total. The van der Waals surface area contributed by atoms with Gasteiger partial charge < -0.3 is 4.42 Å². The molecule has 0 radical (unpaired) electrons. The third kappa shape index (κ3) is 4.40. The van der Waals surface area contributed by atoms with Crippen molar-refractivity contribution in [1.29, 1.82) is 0 Å². The van der Waals surface area contributed by atoms with E-state index >= 15 is 0 Å². The molecule has 0 amide bonds. The molecule has 0 spiro atoms. The Hall–Kier alpha value is -6.44. The predicted octanol–water partition coefficient (Wildman–Crippen LogP) is 13.7. The monoisotopic (exact) mass is 622 g/mol. The molecule has 0 bridgehead atoms. The zero-order valence-corrected chi connectivity index (χ0v) is 26.7. The van der Waals surface area contributed by atoms with E-state index in [0.29, 0.717) is 0 Å². The molecular weight excluding hydrogens is 593 g/mol. The highest BCUT2D eigenvalue weighted by atomic mass is 16.3. The number of hydrogen-bond donors (Lipinski definition) is 0. The molecule has 9 aromatic carbocycles. The first-order valence-corrected chi connectivity index (χ1v) is 16.8. The number of benzene rings is 9. The van der Waals surface area contributed by atoms with E-state index in [-0.39, 0.29) is 0 Å². The molecule has 0 unspecified atom stereocenters. The van der Waals surface area contributed by atoms with Crippen LogP contribution in [0.1, 0.15) is 0 Å². The van der Waals surface area contributed by atoms with E-state index < -0.39 is 0 Å². The van der Waals surface area contributed by atoms with Crippen molar-refractivity contribution in [2.75, 3.05) is 0 Å². The highest BCUT2D eigenvalue weighted by Crippen LogP contribution is 2.47. The number of furan rings is 1. The Labute approximate surface area is 284 Å². The third-order valence-corrected chi connectivity index (χ3v) is 10.1. The molecule has 1 aromatic heterocycles. The summed E-state index contributed by atoms with van der Waals surface area (Å²) >= 11 is 0. The maximum absolute atomic E-state index is 6.58. The molecule has 0 aliphatic carbocycles. The number of rotatable bonds is 4. The average molecular weight is 623 g/mol. The van der Waals surface area contributed by atoms with Gasteiger partial charge in [-0.15, -0.1) is 0 Å². The van der Waals surface area contributed by atoms with E-state index in [1.165, 1.54) is 71.3 Å². The van der Waals surface area contributed by atoms with Gasteiger partial charge in [0.05, 0.1) is 0 Å². The van der Waals surface area contributed by atoms with Crippen LogP contribution in [0.25, 0.3) is 98.8 Å². The molecule has 228 valence electrons. The molecule has 0 saturated carbocycles. The van der Waals surface area contributed by atoms with Crippen LogP contribution in [-0.4, -0.2) is 0 Å². The lowest BCUT2D eigenvalue weighted by Crippen LogP contribution is -1.91. The Morgan fingerprint density at radius 3 is 1.59 bits per heavy atom. The van der Waals surface area contributed by atoms with Gasteiger partial charge in [0.2, 0.25) is 0 Å². The summed E-state index contributed by atoms with van der Waals surface area (Å²) < 4.78 is 6.58. The van der Waals surface area contributed by atoms with E-state index in [4.69, 9.17) is 4.42 Å². The molecule has 10 aromatic rings. The van der Waals surface area contributed by atoms with Crippen LogP contribution in [0, 0.1) is 0 Å². The lowest BCUT2D eigenvalue weighted by molar-refractivity contribution is 0.669. The second-order valence-electron chi connectivity index (χ2n) is 12.8. The summed E-state index contributed by atoms with van der Waals surface area (Å²) in [5, 5.41) is 9.72. The Morgan fingerprint density at radius 1 is 0.286 bits per heavy atom. The van der Waals surface area contributed by atoms with E-state index in [2.05, 4.69) is 182 Å². The molecule has 1 nitrogen and oxygen atoms in total. The number of hydrogen-bond acceptors (Lipinski definition) is 1. The van der Waals surface area contributed by atoms with Crippen LogP contribution < -0.4 is 0 Å². The summed E-state index contributed by atoms with van der Waals surface area (Å²) in [7, 11) is 0. The lowest BCUT2D eigenvalue weighted by atomic mass is 9.84. The Kier molecular flexibility index (Phi) is 6.25. The fourth-order valence-electron chi connectivity index (χ4n) is 7.87. The summed E-state index contributed by atoms with van der Waals surface area (Å²) in [5.74, 6) is 0. The van der Waals surface area contributed by atoms with Gasteiger partial charge in [0.15, 0.2) is 0 Å².